The smallest absolute Gasteiger partial charge is 0.334 e. The van der Waals surface area contributed by atoms with Crippen molar-refractivity contribution in [3.05, 3.63) is 0 Å². The highest BCUT2D eigenvalue weighted by atomic mass is 16.8. The van der Waals surface area contributed by atoms with E-state index in [-0.39, 0.29) is 6.61 Å². The molecular formula is C81H128O46. The van der Waals surface area contributed by atoms with Crippen LogP contribution in [-0.4, -0.2) is 372 Å². The van der Waals surface area contributed by atoms with Crippen molar-refractivity contribution in [1.29, 1.82) is 0 Å². The molecule has 0 aromatic heterocycles. The fourth-order valence-corrected chi connectivity index (χ4v) is 15.1. The number of carbonyl (C=O) groups excluding carboxylic acids is 11. The van der Waals surface area contributed by atoms with Crippen molar-refractivity contribution in [3.63, 3.8) is 0 Å². The number of hydrogen-bond acceptors (Lipinski definition) is 45. The Morgan fingerprint density at radius 1 is 0.291 bits per heavy atom. The minimum absolute atomic E-state index is 0.250. The van der Waals surface area contributed by atoms with Crippen LogP contribution < -0.4 is 0 Å². The zero-order valence-electron chi connectivity index (χ0n) is 73.3. The van der Waals surface area contributed by atoms with Gasteiger partial charge in [0.1, 0.15) is 137 Å². The van der Waals surface area contributed by atoms with Crippen LogP contribution in [0.3, 0.4) is 0 Å². The fraction of sp³-hybridized carbons (Fsp3) is 0.852. The molecule has 32 atom stereocenters. The molecule has 46 heteroatoms. The second kappa shape index (κ2) is 54.5. The van der Waals surface area contributed by atoms with Crippen LogP contribution in [0.1, 0.15) is 192 Å². The third-order valence-electron chi connectivity index (χ3n) is 21.0. The third kappa shape index (κ3) is 34.8. The van der Waals surface area contributed by atoms with Crippen molar-refractivity contribution < 1.29 is 222 Å². The van der Waals surface area contributed by atoms with Gasteiger partial charge in [0.2, 0.25) is 0 Å². The summed E-state index contributed by atoms with van der Waals surface area (Å²) in [6.07, 6.45) is -50.4. The molecule has 6 rings (SSSR count). The van der Waals surface area contributed by atoms with E-state index in [9.17, 15) is 103 Å². The van der Waals surface area contributed by atoms with Crippen LogP contribution in [0.25, 0.3) is 0 Å². The van der Waals surface area contributed by atoms with Gasteiger partial charge in [-0.2, -0.15) is 0 Å². The molecule has 0 saturated carbocycles. The van der Waals surface area contributed by atoms with E-state index in [1.807, 2.05) is 6.92 Å². The Hall–Kier alpha value is -7.24. The lowest BCUT2D eigenvalue weighted by Crippen LogP contribution is -2.70. The number of aliphatic hydroxyl groups is 9. The maximum absolute atomic E-state index is 13.9. The van der Waals surface area contributed by atoms with Crippen LogP contribution in [0.4, 0.5) is 0 Å². The maximum atomic E-state index is 13.9. The molecule has 0 aromatic rings. The highest BCUT2D eigenvalue weighted by molar-refractivity contribution is 5.72. The minimum atomic E-state index is -2.42. The highest BCUT2D eigenvalue weighted by Gasteiger charge is 2.62. The SMILES string of the molecule is CCC[C@H](CCCCCCCCCCCCCCCCOC[C@@H](O)C(=O)O)O[C@@H]1O[C@H](CO)[C@@H](O[C@@H]2O[C@H](COC(C)=O)[C@@H](O[C@@H]3O[C@H](COC(C)=O)[C@@H](OC(C)=O)[C@H](OC(C)=O)[C@H]3O[C@@H]3O[C@H](COC(C)=O)[C@@H](O)[C@H](O)[C@H]3O[C@@H]3O[C@H](COC(C)=O)[C@@H](O)[C@H](O)[C@H]3O)C(OC(C)=O)[C@H]2OC(C)=O)[C@H](O)[C@H]1O[C@@H]1O[C@H](COC(C)=O)[C@@H](OC(C)=O)[C@H](OC(C)=O)[C@H]1O. The molecule has 46 nitrogen and oxygen atoms in total. The van der Waals surface area contributed by atoms with Crippen LogP contribution >= 0.6 is 0 Å². The van der Waals surface area contributed by atoms with Crippen molar-refractivity contribution in [2.75, 3.05) is 52.9 Å². The molecule has 6 aliphatic rings. The topological polar surface area (TPSA) is 629 Å². The predicted molar refractivity (Wildman–Crippen MR) is 415 cm³/mol. The van der Waals surface area contributed by atoms with E-state index >= 15 is 0 Å². The van der Waals surface area contributed by atoms with Gasteiger partial charge in [-0.05, 0) is 19.3 Å². The Kier molecular flexibility index (Phi) is 46.6. The zero-order valence-corrected chi connectivity index (χ0v) is 73.3. The van der Waals surface area contributed by atoms with E-state index < -0.39 is 308 Å². The van der Waals surface area contributed by atoms with Gasteiger partial charge in [-0.25, -0.2) is 4.79 Å². The Labute approximate surface area is 733 Å². The predicted octanol–water partition coefficient (Wildman–Crippen LogP) is -1.32. The molecule has 1 unspecified atom stereocenters. The largest absolute Gasteiger partial charge is 0.479 e. The quantitative estimate of drug-likeness (QED) is 0.0192. The number of unbranched alkanes of at least 4 members (excludes halogenated alkanes) is 13. The fourth-order valence-electron chi connectivity index (χ4n) is 15.1. The first-order chi connectivity index (χ1) is 60.1. The summed E-state index contributed by atoms with van der Waals surface area (Å²) in [4.78, 5) is 153. The van der Waals surface area contributed by atoms with Gasteiger partial charge in [0.15, 0.2) is 86.6 Å². The molecule has 0 bridgehead atoms. The summed E-state index contributed by atoms with van der Waals surface area (Å²) in [6, 6.07) is 0. The number of ether oxygens (including phenoxy) is 24. The van der Waals surface area contributed by atoms with Crippen molar-refractivity contribution in [3.8, 4) is 0 Å². The monoisotopic (exact) mass is 1840 g/mol. The van der Waals surface area contributed by atoms with E-state index in [1.54, 1.807) is 0 Å². The lowest BCUT2D eigenvalue weighted by Gasteiger charge is -2.51. The van der Waals surface area contributed by atoms with E-state index in [2.05, 4.69) is 0 Å². The van der Waals surface area contributed by atoms with Gasteiger partial charge in [-0.3, -0.25) is 52.7 Å². The number of esters is 11. The van der Waals surface area contributed by atoms with E-state index in [1.165, 1.54) is 0 Å². The summed E-state index contributed by atoms with van der Waals surface area (Å²) in [5.41, 5.74) is 0. The highest BCUT2D eigenvalue weighted by Crippen LogP contribution is 2.42. The lowest BCUT2D eigenvalue weighted by molar-refractivity contribution is -0.409. The summed E-state index contributed by atoms with van der Waals surface area (Å²) >= 11 is 0. The molecule has 10 N–H and O–H groups in total. The Morgan fingerprint density at radius 3 is 1.06 bits per heavy atom. The van der Waals surface area contributed by atoms with Crippen LogP contribution in [0, 0.1) is 0 Å². The average molecular weight is 1840 g/mol. The van der Waals surface area contributed by atoms with E-state index in [0.717, 1.165) is 160 Å². The summed E-state index contributed by atoms with van der Waals surface area (Å²) in [5, 5.41) is 112. The van der Waals surface area contributed by atoms with E-state index in [4.69, 9.17) is 119 Å². The molecule has 6 aliphatic heterocycles. The molecule has 6 heterocycles. The van der Waals surface area contributed by atoms with Crippen LogP contribution in [0.5, 0.6) is 0 Å². The second-order valence-corrected chi connectivity index (χ2v) is 31.5. The van der Waals surface area contributed by atoms with Crippen LogP contribution in [-0.2, 0) is 171 Å². The number of carboxylic acids is 1. The average Bonchev–Trinajstić information content (AvgIpc) is 0.741. The molecule has 728 valence electrons. The van der Waals surface area contributed by atoms with Crippen molar-refractivity contribution in [2.24, 2.45) is 0 Å². The van der Waals surface area contributed by atoms with Gasteiger partial charge in [-0.1, -0.05) is 96.8 Å². The standard InChI is InChI=1S/C81H128O46/c1-13-28-49(29-26-24-22-20-18-16-14-15-17-19-21-23-25-27-30-104-32-50(94)75(102)103)116-78-70(126-77-63(101)68(112-45(9)90)65(110-43(7)88)54(120-77)35-107-40(4)85)62(100)64(51(31-82)117-78)123-80-73(115-48(12)93)72(114-47(11)92)67(56(122-80)37-109-42(6)87)124-81-74(71(113-46(10)91)66(111-44(8)89)55(121-81)36-108-41(5)86)127-79-69(60(98)58(96)53(119-79)34-106-39(3)84)125-76-61(99)59(97)57(95)52(118-76)33-105-38(2)83/h49-74,76-82,94-101H,13-37H2,1-12H3,(H,102,103)/t49-,50-,51-,52-,53-,54-,55-,56-,57-,58-,59+,60+,61-,62+,63-,64-,65-,66-,67-,68-,69-,70-,71+,72?,73-,74-,76+,77+,78-,79+,80+,81+/m1/s1. The maximum Gasteiger partial charge on any atom is 0.334 e. The van der Waals surface area contributed by atoms with Crippen molar-refractivity contribution in [1.82, 2.24) is 0 Å². The summed E-state index contributed by atoms with van der Waals surface area (Å²) in [7, 11) is 0. The van der Waals surface area contributed by atoms with Gasteiger partial charge < -0.3 is 165 Å². The third-order valence-corrected chi connectivity index (χ3v) is 21.0. The van der Waals surface area contributed by atoms with Crippen LogP contribution in [0.15, 0.2) is 0 Å². The molecular weight excluding hydrogens is 1710 g/mol. The number of hydrogen-bond donors (Lipinski definition) is 10. The molecule has 0 amide bonds. The first-order valence-electron chi connectivity index (χ1n) is 42.6. The van der Waals surface area contributed by atoms with Crippen molar-refractivity contribution >= 4 is 71.6 Å². The van der Waals surface area contributed by atoms with Gasteiger partial charge in [0.25, 0.3) is 0 Å². The number of rotatable bonds is 51. The molecule has 0 spiro atoms. The Balaban J connectivity index is 1.41. The van der Waals surface area contributed by atoms with Gasteiger partial charge in [0, 0.05) is 82.8 Å². The first kappa shape index (κ1) is 109. The molecule has 6 saturated heterocycles. The molecule has 127 heavy (non-hydrogen) atoms. The van der Waals surface area contributed by atoms with Gasteiger partial charge in [0.05, 0.1) is 19.3 Å². The number of aliphatic hydroxyl groups excluding tert-OH is 9. The molecule has 0 aromatic carbocycles. The minimum Gasteiger partial charge on any atom is -0.479 e. The molecule has 6 fully saturated rings. The normalized spacial score (nSPS) is 33.6. The summed E-state index contributed by atoms with van der Waals surface area (Å²) < 4.78 is 143. The van der Waals surface area contributed by atoms with Crippen molar-refractivity contribution in [2.45, 2.75) is 389 Å². The Morgan fingerprint density at radius 2 is 0.614 bits per heavy atom. The molecule has 0 aliphatic carbocycles. The summed E-state index contributed by atoms with van der Waals surface area (Å²) in [6.45, 7) is 6.92. The Bertz CT molecular complexity index is 3440. The number of aliphatic carboxylic acids is 1. The lowest BCUT2D eigenvalue weighted by atomic mass is 9.94. The zero-order chi connectivity index (χ0) is 94.1. The van der Waals surface area contributed by atoms with Gasteiger partial charge >= 0.3 is 71.6 Å². The number of carbonyl (C=O) groups is 12. The second-order valence-electron chi connectivity index (χ2n) is 31.5. The first-order valence-corrected chi connectivity index (χ1v) is 42.6. The van der Waals surface area contributed by atoms with Gasteiger partial charge in [-0.15, -0.1) is 0 Å². The van der Waals surface area contributed by atoms with E-state index in [0.29, 0.717) is 32.3 Å². The molecule has 0 radical (unpaired) electrons. The summed E-state index contributed by atoms with van der Waals surface area (Å²) in [5.74, 6) is -12.8. The number of carboxylic acid groups (broad SMARTS) is 1. The van der Waals surface area contributed by atoms with Crippen LogP contribution in [0.2, 0.25) is 0 Å².